The first-order chi connectivity index (χ1) is 10.3. The van der Waals surface area contributed by atoms with E-state index in [1.54, 1.807) is 0 Å². The molecule has 21 heavy (non-hydrogen) atoms. The maximum atomic E-state index is 12.6. The van der Waals surface area contributed by atoms with E-state index >= 15 is 0 Å². The van der Waals surface area contributed by atoms with Gasteiger partial charge in [0.15, 0.2) is 0 Å². The van der Waals surface area contributed by atoms with E-state index in [0.717, 1.165) is 37.4 Å². The summed E-state index contributed by atoms with van der Waals surface area (Å²) < 4.78 is 5.72. The van der Waals surface area contributed by atoms with Crippen LogP contribution in [0.15, 0.2) is 24.3 Å². The van der Waals surface area contributed by atoms with Crippen LogP contribution >= 0.6 is 0 Å². The van der Waals surface area contributed by atoms with Gasteiger partial charge in [-0.3, -0.25) is 4.79 Å². The Balaban J connectivity index is 1.63. The molecule has 1 N–H and O–H groups in total. The van der Waals surface area contributed by atoms with Crippen molar-refractivity contribution >= 4 is 11.6 Å². The van der Waals surface area contributed by atoms with Crippen LogP contribution in [0.3, 0.4) is 0 Å². The summed E-state index contributed by atoms with van der Waals surface area (Å²) in [6, 6.07) is 8.37. The normalized spacial score (nSPS) is 22.1. The summed E-state index contributed by atoms with van der Waals surface area (Å²) in [5.41, 5.74) is 0.927. The van der Waals surface area contributed by atoms with Gasteiger partial charge in [0, 0.05) is 19.0 Å². The van der Waals surface area contributed by atoms with E-state index in [1.165, 1.54) is 19.3 Å². The summed E-state index contributed by atoms with van der Waals surface area (Å²) in [7, 11) is 0. The van der Waals surface area contributed by atoms with Gasteiger partial charge in [-0.15, -0.1) is 0 Å². The number of fused-ring (bicyclic) bond motifs is 1. The lowest BCUT2D eigenvalue weighted by Crippen LogP contribution is -2.37. The fourth-order valence-electron chi connectivity index (χ4n) is 3.19. The molecule has 4 heteroatoms. The van der Waals surface area contributed by atoms with Gasteiger partial charge in [0.05, 0.1) is 12.3 Å². The van der Waals surface area contributed by atoms with Crippen molar-refractivity contribution < 1.29 is 9.53 Å². The maximum absolute atomic E-state index is 12.6. The smallest absolute Gasteiger partial charge is 0.227 e. The van der Waals surface area contributed by atoms with E-state index < -0.39 is 0 Å². The molecule has 2 aliphatic heterocycles. The van der Waals surface area contributed by atoms with Gasteiger partial charge >= 0.3 is 0 Å². The van der Waals surface area contributed by atoms with E-state index in [9.17, 15) is 4.79 Å². The molecule has 1 amide bonds. The molecule has 3 rings (SSSR count). The SMILES string of the molecule is O=C(CCC1CCCCN1)N1CCCOc2ccccc21. The number of ether oxygens (including phenoxy) is 1. The fourth-order valence-corrected chi connectivity index (χ4v) is 3.19. The highest BCUT2D eigenvalue weighted by molar-refractivity contribution is 5.95. The Kier molecular flexibility index (Phi) is 4.76. The molecule has 1 aromatic rings. The van der Waals surface area contributed by atoms with Crippen LogP contribution in [0, 0.1) is 0 Å². The minimum atomic E-state index is 0.223. The third kappa shape index (κ3) is 3.56. The fraction of sp³-hybridized carbons (Fsp3) is 0.588. The lowest BCUT2D eigenvalue weighted by atomic mass is 10.00. The monoisotopic (exact) mass is 288 g/mol. The molecule has 0 aliphatic carbocycles. The maximum Gasteiger partial charge on any atom is 0.227 e. The summed E-state index contributed by atoms with van der Waals surface area (Å²) >= 11 is 0. The quantitative estimate of drug-likeness (QED) is 0.930. The molecule has 0 aromatic heterocycles. The van der Waals surface area contributed by atoms with Gasteiger partial charge in [-0.05, 0) is 44.4 Å². The van der Waals surface area contributed by atoms with E-state index in [4.69, 9.17) is 4.74 Å². The Hall–Kier alpha value is -1.55. The molecule has 4 nitrogen and oxygen atoms in total. The van der Waals surface area contributed by atoms with Crippen LogP contribution in [0.2, 0.25) is 0 Å². The average Bonchev–Trinajstić information content (AvgIpc) is 2.76. The molecule has 1 aromatic carbocycles. The Morgan fingerprint density at radius 1 is 1.29 bits per heavy atom. The molecule has 2 aliphatic rings. The molecule has 1 atom stereocenters. The van der Waals surface area contributed by atoms with Crippen molar-refractivity contribution in [2.45, 2.75) is 44.6 Å². The number of carbonyl (C=O) groups is 1. The number of anilines is 1. The molecule has 1 fully saturated rings. The number of piperidine rings is 1. The molecule has 1 unspecified atom stereocenters. The first-order valence-corrected chi connectivity index (χ1v) is 8.10. The Labute approximate surface area is 126 Å². The van der Waals surface area contributed by atoms with Crippen molar-refractivity contribution in [1.82, 2.24) is 5.32 Å². The summed E-state index contributed by atoms with van der Waals surface area (Å²) in [5.74, 6) is 1.06. The number of para-hydroxylation sites is 2. The zero-order valence-electron chi connectivity index (χ0n) is 12.5. The van der Waals surface area contributed by atoms with Crippen molar-refractivity contribution in [2.75, 3.05) is 24.6 Å². The van der Waals surface area contributed by atoms with Crippen LogP contribution in [-0.4, -0.2) is 31.6 Å². The molecular weight excluding hydrogens is 264 g/mol. The first-order valence-electron chi connectivity index (χ1n) is 8.10. The van der Waals surface area contributed by atoms with Crippen LogP contribution in [-0.2, 0) is 4.79 Å². The van der Waals surface area contributed by atoms with Gasteiger partial charge < -0.3 is 15.0 Å². The zero-order chi connectivity index (χ0) is 14.5. The lowest BCUT2D eigenvalue weighted by molar-refractivity contribution is -0.118. The Bertz CT molecular complexity index is 483. The first kappa shape index (κ1) is 14.4. The highest BCUT2D eigenvalue weighted by Gasteiger charge is 2.22. The summed E-state index contributed by atoms with van der Waals surface area (Å²) in [6.07, 6.45) is 6.20. The molecule has 114 valence electrons. The number of benzene rings is 1. The second kappa shape index (κ2) is 6.94. The van der Waals surface area contributed by atoms with Gasteiger partial charge in [-0.25, -0.2) is 0 Å². The van der Waals surface area contributed by atoms with Gasteiger partial charge in [0.2, 0.25) is 5.91 Å². The van der Waals surface area contributed by atoms with Crippen molar-refractivity contribution in [3.63, 3.8) is 0 Å². The van der Waals surface area contributed by atoms with Gasteiger partial charge in [-0.1, -0.05) is 18.6 Å². The van der Waals surface area contributed by atoms with Crippen molar-refractivity contribution in [1.29, 1.82) is 0 Å². The van der Waals surface area contributed by atoms with E-state index in [1.807, 2.05) is 29.2 Å². The number of hydrogen-bond acceptors (Lipinski definition) is 3. The van der Waals surface area contributed by atoms with E-state index in [0.29, 0.717) is 19.1 Å². The van der Waals surface area contributed by atoms with Gasteiger partial charge in [0.25, 0.3) is 0 Å². The Morgan fingerprint density at radius 3 is 3.05 bits per heavy atom. The topological polar surface area (TPSA) is 41.6 Å². The van der Waals surface area contributed by atoms with E-state index in [2.05, 4.69) is 5.32 Å². The summed E-state index contributed by atoms with van der Waals surface area (Å²) in [6.45, 7) is 2.54. The summed E-state index contributed by atoms with van der Waals surface area (Å²) in [4.78, 5) is 14.5. The number of rotatable bonds is 3. The van der Waals surface area contributed by atoms with Gasteiger partial charge in [0.1, 0.15) is 5.75 Å². The molecule has 0 bridgehead atoms. The molecular formula is C17H24N2O2. The second-order valence-corrected chi connectivity index (χ2v) is 5.90. The Morgan fingerprint density at radius 2 is 2.19 bits per heavy atom. The van der Waals surface area contributed by atoms with Crippen LogP contribution in [0.4, 0.5) is 5.69 Å². The van der Waals surface area contributed by atoms with Crippen molar-refractivity contribution in [3.05, 3.63) is 24.3 Å². The minimum absolute atomic E-state index is 0.223. The van der Waals surface area contributed by atoms with Crippen LogP contribution < -0.4 is 15.0 Å². The zero-order valence-corrected chi connectivity index (χ0v) is 12.5. The van der Waals surface area contributed by atoms with Crippen LogP contribution in [0.25, 0.3) is 0 Å². The highest BCUT2D eigenvalue weighted by Crippen LogP contribution is 2.31. The van der Waals surface area contributed by atoms with Gasteiger partial charge in [-0.2, -0.15) is 0 Å². The molecule has 0 spiro atoms. The molecule has 0 saturated carbocycles. The molecule has 0 radical (unpaired) electrons. The lowest BCUT2D eigenvalue weighted by Gasteiger charge is -2.25. The number of amides is 1. The number of nitrogens with zero attached hydrogens (tertiary/aromatic N) is 1. The van der Waals surface area contributed by atoms with E-state index in [-0.39, 0.29) is 5.91 Å². The predicted octanol–water partition coefficient (Wildman–Crippen LogP) is 2.72. The second-order valence-electron chi connectivity index (χ2n) is 5.90. The predicted molar refractivity (Wildman–Crippen MR) is 83.8 cm³/mol. The van der Waals surface area contributed by atoms with Crippen LogP contribution in [0.5, 0.6) is 5.75 Å². The molecule has 1 saturated heterocycles. The third-order valence-corrected chi connectivity index (χ3v) is 4.36. The third-order valence-electron chi connectivity index (χ3n) is 4.36. The number of carbonyl (C=O) groups excluding carboxylic acids is 1. The minimum Gasteiger partial charge on any atom is -0.491 e. The largest absolute Gasteiger partial charge is 0.491 e. The number of hydrogen-bond donors (Lipinski definition) is 1. The highest BCUT2D eigenvalue weighted by atomic mass is 16.5. The average molecular weight is 288 g/mol. The van der Waals surface area contributed by atoms with Crippen LogP contribution in [0.1, 0.15) is 38.5 Å². The van der Waals surface area contributed by atoms with Crippen molar-refractivity contribution in [3.8, 4) is 5.75 Å². The standard InChI is InChI=1S/C17H24N2O2/c20-17(10-9-14-6-3-4-11-18-14)19-12-5-13-21-16-8-2-1-7-15(16)19/h1-2,7-8,14,18H,3-6,9-13H2. The molecule has 2 heterocycles. The number of nitrogens with one attached hydrogen (secondary N) is 1. The van der Waals surface area contributed by atoms with Crippen molar-refractivity contribution in [2.24, 2.45) is 0 Å². The summed E-state index contributed by atoms with van der Waals surface area (Å²) in [5, 5.41) is 3.51.